The maximum atomic E-state index is 12.7. The fraction of sp³-hybridized carbons (Fsp3) is 0.389. The fourth-order valence-corrected chi connectivity index (χ4v) is 4.81. The van der Waals surface area contributed by atoms with Gasteiger partial charge in [-0.2, -0.15) is 0 Å². The van der Waals surface area contributed by atoms with E-state index < -0.39 is 0 Å². The molecule has 132 valence electrons. The standard InChI is InChI=1S/C18H21N3O3S/c1-3-21-7-6-11-14(9-21)25-18-15(11)17(23)19-16(20-18)10-4-5-13(24-2)12(22)8-10/h4-5,8,16,20,22H,3,6-7,9H2,1-2H3,(H,19,23)/t16-/m1/s1. The van der Waals surface area contributed by atoms with Crippen LogP contribution in [0.1, 0.15) is 39.5 Å². The number of carbonyl (C=O) groups excluding carboxylic acids is 1. The summed E-state index contributed by atoms with van der Waals surface area (Å²) in [7, 11) is 1.51. The van der Waals surface area contributed by atoms with Gasteiger partial charge in [-0.25, -0.2) is 0 Å². The van der Waals surface area contributed by atoms with Crippen LogP contribution in [0.5, 0.6) is 11.5 Å². The minimum Gasteiger partial charge on any atom is -0.504 e. The van der Waals surface area contributed by atoms with Crippen LogP contribution in [0.15, 0.2) is 18.2 Å². The van der Waals surface area contributed by atoms with Crippen molar-refractivity contribution in [1.29, 1.82) is 0 Å². The number of aromatic hydroxyl groups is 1. The molecule has 3 N–H and O–H groups in total. The number of benzene rings is 1. The minimum atomic E-state index is -0.362. The minimum absolute atomic E-state index is 0.0449. The molecule has 6 nitrogen and oxygen atoms in total. The summed E-state index contributed by atoms with van der Waals surface area (Å²) in [5, 5.41) is 17.3. The lowest BCUT2D eigenvalue weighted by Gasteiger charge is -2.28. The van der Waals surface area contributed by atoms with Gasteiger partial charge in [-0.05, 0) is 36.2 Å². The van der Waals surface area contributed by atoms with E-state index in [1.807, 2.05) is 6.07 Å². The number of nitrogens with one attached hydrogen (secondary N) is 2. The number of phenolic OH excluding ortho intramolecular Hbond substituents is 1. The molecule has 1 aromatic heterocycles. The summed E-state index contributed by atoms with van der Waals surface area (Å²) in [4.78, 5) is 16.4. The number of phenols is 1. The van der Waals surface area contributed by atoms with Crippen LogP contribution in [0.4, 0.5) is 5.00 Å². The predicted molar refractivity (Wildman–Crippen MR) is 97.5 cm³/mol. The van der Waals surface area contributed by atoms with Crippen LogP contribution in [0.3, 0.4) is 0 Å². The molecule has 0 spiro atoms. The quantitative estimate of drug-likeness (QED) is 0.786. The predicted octanol–water partition coefficient (Wildman–Crippen LogP) is 2.69. The molecule has 3 heterocycles. The molecule has 0 saturated heterocycles. The van der Waals surface area contributed by atoms with Crippen LogP contribution >= 0.6 is 11.3 Å². The molecule has 4 rings (SSSR count). The van der Waals surface area contributed by atoms with Gasteiger partial charge in [0.1, 0.15) is 11.2 Å². The zero-order valence-corrected chi connectivity index (χ0v) is 15.1. The third-order valence-electron chi connectivity index (χ3n) is 4.90. The lowest BCUT2D eigenvalue weighted by molar-refractivity contribution is 0.0934. The van der Waals surface area contributed by atoms with Crippen LogP contribution < -0.4 is 15.4 Å². The number of amides is 1. The molecule has 1 atom stereocenters. The number of likely N-dealkylation sites (N-methyl/N-ethyl adjacent to an activating group) is 1. The van der Waals surface area contributed by atoms with Gasteiger partial charge in [0.25, 0.3) is 5.91 Å². The Morgan fingerprint density at radius 1 is 1.40 bits per heavy atom. The summed E-state index contributed by atoms with van der Waals surface area (Å²) in [5.41, 5.74) is 2.77. The Bertz CT molecular complexity index is 833. The Balaban J connectivity index is 1.65. The van der Waals surface area contributed by atoms with Crippen LogP contribution in [0.2, 0.25) is 0 Å². The van der Waals surface area contributed by atoms with E-state index in [2.05, 4.69) is 22.5 Å². The number of carbonyl (C=O) groups is 1. The number of fused-ring (bicyclic) bond motifs is 3. The van der Waals surface area contributed by atoms with Crippen molar-refractivity contribution in [3.05, 3.63) is 39.8 Å². The van der Waals surface area contributed by atoms with Gasteiger partial charge in [0.2, 0.25) is 0 Å². The molecule has 0 radical (unpaired) electrons. The van der Waals surface area contributed by atoms with Crippen molar-refractivity contribution < 1.29 is 14.6 Å². The van der Waals surface area contributed by atoms with Gasteiger partial charge in [0.05, 0.1) is 12.7 Å². The molecule has 7 heteroatoms. The summed E-state index contributed by atoms with van der Waals surface area (Å²) < 4.78 is 5.08. The first-order valence-electron chi connectivity index (χ1n) is 8.42. The number of anilines is 1. The highest BCUT2D eigenvalue weighted by molar-refractivity contribution is 7.16. The molecule has 2 aliphatic rings. The molecular formula is C18H21N3O3S. The maximum Gasteiger partial charge on any atom is 0.256 e. The number of hydrogen-bond donors (Lipinski definition) is 3. The van der Waals surface area contributed by atoms with E-state index in [9.17, 15) is 9.90 Å². The Morgan fingerprint density at radius 3 is 2.96 bits per heavy atom. The number of methoxy groups -OCH3 is 1. The van der Waals surface area contributed by atoms with Gasteiger partial charge in [-0.15, -0.1) is 11.3 Å². The summed E-state index contributed by atoms with van der Waals surface area (Å²) in [6.45, 7) is 5.09. The van der Waals surface area contributed by atoms with E-state index in [4.69, 9.17) is 4.74 Å². The third kappa shape index (κ3) is 2.73. The van der Waals surface area contributed by atoms with Gasteiger partial charge in [0.15, 0.2) is 11.5 Å². The summed E-state index contributed by atoms with van der Waals surface area (Å²) in [6.07, 6.45) is 0.553. The number of hydrogen-bond acceptors (Lipinski definition) is 6. The molecule has 0 fully saturated rings. The van der Waals surface area contributed by atoms with E-state index in [0.717, 1.165) is 42.2 Å². The Kier molecular flexibility index (Phi) is 4.05. The van der Waals surface area contributed by atoms with Gasteiger partial charge < -0.3 is 20.5 Å². The van der Waals surface area contributed by atoms with E-state index >= 15 is 0 Å². The van der Waals surface area contributed by atoms with Crippen molar-refractivity contribution in [2.45, 2.75) is 26.1 Å². The lowest BCUT2D eigenvalue weighted by atomic mass is 10.0. The largest absolute Gasteiger partial charge is 0.504 e. The van der Waals surface area contributed by atoms with E-state index in [1.165, 1.54) is 17.6 Å². The van der Waals surface area contributed by atoms with Crippen LogP contribution in [-0.4, -0.2) is 36.1 Å². The van der Waals surface area contributed by atoms with Gasteiger partial charge in [-0.1, -0.05) is 13.0 Å². The summed E-state index contributed by atoms with van der Waals surface area (Å²) in [6, 6.07) is 5.16. The molecular weight excluding hydrogens is 338 g/mol. The van der Waals surface area contributed by atoms with Crippen molar-refractivity contribution in [2.24, 2.45) is 0 Å². The highest BCUT2D eigenvalue weighted by atomic mass is 32.1. The summed E-state index contributed by atoms with van der Waals surface area (Å²) >= 11 is 1.67. The Labute approximate surface area is 150 Å². The van der Waals surface area contributed by atoms with Crippen molar-refractivity contribution in [3.8, 4) is 11.5 Å². The number of rotatable bonds is 3. The second kappa shape index (κ2) is 6.24. The van der Waals surface area contributed by atoms with Crippen LogP contribution in [0, 0.1) is 0 Å². The molecule has 25 heavy (non-hydrogen) atoms. The normalized spacial score (nSPS) is 19.6. The molecule has 0 bridgehead atoms. The van der Waals surface area contributed by atoms with Crippen molar-refractivity contribution in [1.82, 2.24) is 10.2 Å². The van der Waals surface area contributed by atoms with Gasteiger partial charge in [-0.3, -0.25) is 9.69 Å². The van der Waals surface area contributed by atoms with Gasteiger partial charge in [0, 0.05) is 18.0 Å². The fourth-order valence-electron chi connectivity index (χ4n) is 3.49. The average Bonchev–Trinajstić information content (AvgIpc) is 2.99. The van der Waals surface area contributed by atoms with Crippen LogP contribution in [0.25, 0.3) is 0 Å². The molecule has 2 aromatic rings. The zero-order valence-electron chi connectivity index (χ0n) is 14.3. The molecule has 0 unspecified atom stereocenters. The van der Waals surface area contributed by atoms with E-state index in [1.54, 1.807) is 23.5 Å². The molecule has 1 amide bonds. The van der Waals surface area contributed by atoms with Crippen molar-refractivity contribution >= 4 is 22.2 Å². The highest BCUT2D eigenvalue weighted by Gasteiger charge is 2.33. The first kappa shape index (κ1) is 16.2. The number of thiophene rings is 1. The van der Waals surface area contributed by atoms with Gasteiger partial charge >= 0.3 is 0 Å². The number of ether oxygens (including phenoxy) is 1. The molecule has 0 aliphatic carbocycles. The third-order valence-corrected chi connectivity index (χ3v) is 6.05. The molecule has 2 aliphatic heterocycles. The molecule has 1 aromatic carbocycles. The first-order chi connectivity index (χ1) is 12.1. The van der Waals surface area contributed by atoms with E-state index in [0.29, 0.717) is 5.75 Å². The Morgan fingerprint density at radius 2 is 2.24 bits per heavy atom. The van der Waals surface area contributed by atoms with E-state index in [-0.39, 0.29) is 17.8 Å². The zero-order chi connectivity index (χ0) is 17.6. The first-order valence-corrected chi connectivity index (χ1v) is 9.23. The highest BCUT2D eigenvalue weighted by Crippen LogP contribution is 2.41. The second-order valence-electron chi connectivity index (χ2n) is 6.31. The second-order valence-corrected chi connectivity index (χ2v) is 7.41. The topological polar surface area (TPSA) is 73.8 Å². The SMILES string of the molecule is CCN1CCc2c(sc3c2C(=O)N[C@@H](c2ccc(OC)c(O)c2)N3)C1. The van der Waals surface area contributed by atoms with Crippen molar-refractivity contribution in [2.75, 3.05) is 25.5 Å². The monoisotopic (exact) mass is 359 g/mol. The summed E-state index contributed by atoms with van der Waals surface area (Å²) in [5.74, 6) is 0.431. The maximum absolute atomic E-state index is 12.7. The Hall–Kier alpha value is -2.25. The van der Waals surface area contributed by atoms with Crippen LogP contribution in [-0.2, 0) is 13.0 Å². The smallest absolute Gasteiger partial charge is 0.256 e. The lowest BCUT2D eigenvalue weighted by Crippen LogP contribution is -2.38. The average molecular weight is 359 g/mol. The number of nitrogens with zero attached hydrogens (tertiary/aromatic N) is 1. The van der Waals surface area contributed by atoms with Crippen molar-refractivity contribution in [3.63, 3.8) is 0 Å². The molecule has 0 saturated carbocycles.